The van der Waals surface area contributed by atoms with Crippen LogP contribution < -0.4 is 14.8 Å². The second kappa shape index (κ2) is 7.98. The van der Waals surface area contributed by atoms with Gasteiger partial charge in [-0.25, -0.2) is 0 Å². The van der Waals surface area contributed by atoms with Crippen molar-refractivity contribution in [3.05, 3.63) is 22.2 Å². The number of aliphatic hydroxyl groups excluding tert-OH is 1. The lowest BCUT2D eigenvalue weighted by Gasteiger charge is -2.35. The maximum absolute atomic E-state index is 9.45. The highest BCUT2D eigenvalue weighted by Crippen LogP contribution is 2.39. The van der Waals surface area contributed by atoms with Crippen LogP contribution in [0.5, 0.6) is 11.5 Å². The van der Waals surface area contributed by atoms with E-state index < -0.39 is 0 Å². The Hall–Kier alpha value is -0.820. The molecule has 1 aromatic carbocycles. The summed E-state index contributed by atoms with van der Waals surface area (Å²) < 4.78 is 11.8. The van der Waals surface area contributed by atoms with Gasteiger partial charge < -0.3 is 19.9 Å². The molecule has 0 saturated carbocycles. The molecule has 0 unspecified atom stereocenters. The molecule has 5 nitrogen and oxygen atoms in total. The molecule has 1 saturated heterocycles. The molecule has 21 heavy (non-hydrogen) atoms. The molecular weight excluding hydrogens is 336 g/mol. The van der Waals surface area contributed by atoms with Crippen LogP contribution in [0.4, 0.5) is 0 Å². The highest BCUT2D eigenvalue weighted by molar-refractivity contribution is 9.10. The van der Waals surface area contributed by atoms with E-state index in [4.69, 9.17) is 9.47 Å². The predicted molar refractivity (Wildman–Crippen MR) is 86.1 cm³/mol. The van der Waals surface area contributed by atoms with Crippen molar-refractivity contribution < 1.29 is 14.6 Å². The summed E-state index contributed by atoms with van der Waals surface area (Å²) in [7, 11) is 3.33. The van der Waals surface area contributed by atoms with Gasteiger partial charge in [0.25, 0.3) is 0 Å². The van der Waals surface area contributed by atoms with Gasteiger partial charge in [0.15, 0.2) is 0 Å². The van der Waals surface area contributed by atoms with Crippen LogP contribution >= 0.6 is 15.9 Å². The van der Waals surface area contributed by atoms with Gasteiger partial charge in [0, 0.05) is 44.4 Å². The lowest BCUT2D eigenvalue weighted by molar-refractivity contribution is 0.138. The minimum Gasteiger partial charge on any atom is -0.496 e. The third kappa shape index (κ3) is 3.88. The Morgan fingerprint density at radius 1 is 1.24 bits per heavy atom. The van der Waals surface area contributed by atoms with Crippen LogP contribution in [0, 0.1) is 0 Å². The van der Waals surface area contributed by atoms with Crippen LogP contribution in [0.25, 0.3) is 0 Å². The molecule has 0 aromatic heterocycles. The topological polar surface area (TPSA) is 54.0 Å². The minimum atomic E-state index is 0.133. The largest absolute Gasteiger partial charge is 0.496 e. The smallest absolute Gasteiger partial charge is 0.133 e. The van der Waals surface area contributed by atoms with Crippen molar-refractivity contribution in [2.45, 2.75) is 12.5 Å². The average molecular weight is 359 g/mol. The second-order valence-corrected chi connectivity index (χ2v) is 5.90. The average Bonchev–Trinajstić information content (AvgIpc) is 2.53. The van der Waals surface area contributed by atoms with Crippen LogP contribution in [0.2, 0.25) is 0 Å². The molecule has 1 aliphatic rings. The Balaban J connectivity index is 2.37. The molecule has 1 aliphatic heterocycles. The fourth-order valence-corrected chi connectivity index (χ4v) is 3.28. The number of nitrogens with one attached hydrogen (secondary N) is 1. The van der Waals surface area contributed by atoms with E-state index in [0.29, 0.717) is 6.42 Å². The normalized spacial score (nSPS) is 17.5. The van der Waals surface area contributed by atoms with Crippen LogP contribution in [-0.2, 0) is 0 Å². The first-order valence-corrected chi connectivity index (χ1v) is 7.97. The van der Waals surface area contributed by atoms with Crippen molar-refractivity contribution in [2.75, 3.05) is 47.0 Å². The van der Waals surface area contributed by atoms with Crippen molar-refractivity contribution in [2.24, 2.45) is 0 Å². The number of methoxy groups -OCH3 is 2. The van der Waals surface area contributed by atoms with Crippen molar-refractivity contribution >= 4 is 15.9 Å². The van der Waals surface area contributed by atoms with Crippen LogP contribution in [-0.4, -0.2) is 57.0 Å². The summed E-state index contributed by atoms with van der Waals surface area (Å²) in [6.45, 7) is 4.02. The Labute approximate surface area is 134 Å². The van der Waals surface area contributed by atoms with Gasteiger partial charge in [-0.2, -0.15) is 0 Å². The third-order valence-corrected chi connectivity index (χ3v) is 4.48. The lowest BCUT2D eigenvalue weighted by atomic mass is 10.00. The van der Waals surface area contributed by atoms with Gasteiger partial charge in [-0.05, 0) is 34.5 Å². The number of nitrogens with zero attached hydrogens (tertiary/aromatic N) is 1. The van der Waals surface area contributed by atoms with Crippen LogP contribution in [0.15, 0.2) is 16.6 Å². The van der Waals surface area contributed by atoms with Crippen molar-refractivity contribution in [3.63, 3.8) is 0 Å². The fourth-order valence-electron chi connectivity index (χ4n) is 2.80. The van der Waals surface area contributed by atoms with E-state index in [1.54, 1.807) is 14.2 Å². The first-order chi connectivity index (χ1) is 10.2. The summed E-state index contributed by atoms with van der Waals surface area (Å²) in [6, 6.07) is 4.07. The van der Waals surface area contributed by atoms with Gasteiger partial charge in [-0.3, -0.25) is 4.90 Å². The molecule has 6 heteroatoms. The summed E-state index contributed by atoms with van der Waals surface area (Å²) in [5, 5.41) is 12.8. The van der Waals surface area contributed by atoms with Crippen molar-refractivity contribution in [3.8, 4) is 11.5 Å². The molecule has 1 aromatic rings. The molecule has 0 bridgehead atoms. The summed E-state index contributed by atoms with van der Waals surface area (Å²) in [6.07, 6.45) is 0.682. The Bertz CT molecular complexity index is 464. The van der Waals surface area contributed by atoms with E-state index in [2.05, 4.69) is 26.1 Å². The first-order valence-electron chi connectivity index (χ1n) is 7.18. The molecule has 2 rings (SSSR count). The predicted octanol–water partition coefficient (Wildman–Crippen LogP) is 1.79. The number of halogens is 1. The highest BCUT2D eigenvalue weighted by Gasteiger charge is 2.25. The zero-order valence-corrected chi connectivity index (χ0v) is 14.1. The highest BCUT2D eigenvalue weighted by atomic mass is 79.9. The quantitative estimate of drug-likeness (QED) is 0.811. The van der Waals surface area contributed by atoms with Crippen molar-refractivity contribution in [1.29, 1.82) is 0 Å². The maximum atomic E-state index is 9.45. The number of hydrogen-bond acceptors (Lipinski definition) is 5. The zero-order valence-electron chi connectivity index (χ0n) is 12.6. The molecule has 0 aliphatic carbocycles. The molecule has 0 amide bonds. The number of rotatable bonds is 6. The summed E-state index contributed by atoms with van der Waals surface area (Å²) >= 11 is 3.49. The number of aliphatic hydroxyl groups is 1. The van der Waals surface area contributed by atoms with Crippen LogP contribution in [0.1, 0.15) is 18.0 Å². The Morgan fingerprint density at radius 2 is 1.90 bits per heavy atom. The van der Waals surface area contributed by atoms with E-state index in [-0.39, 0.29) is 12.6 Å². The monoisotopic (exact) mass is 358 g/mol. The SMILES string of the molecule is COc1cc([C@H](CCO)N2CCNCC2)c(OC)cc1Br. The number of piperazine rings is 1. The Kier molecular flexibility index (Phi) is 6.29. The summed E-state index contributed by atoms with van der Waals surface area (Å²) in [5.41, 5.74) is 1.06. The first kappa shape index (κ1) is 16.5. The Morgan fingerprint density at radius 3 is 2.48 bits per heavy atom. The second-order valence-electron chi connectivity index (χ2n) is 5.04. The summed E-state index contributed by atoms with van der Waals surface area (Å²) in [4.78, 5) is 2.39. The molecule has 118 valence electrons. The zero-order chi connectivity index (χ0) is 15.2. The third-order valence-electron chi connectivity index (χ3n) is 3.86. The van der Waals surface area contributed by atoms with Gasteiger partial charge in [0.2, 0.25) is 0 Å². The van der Waals surface area contributed by atoms with Gasteiger partial charge in [-0.15, -0.1) is 0 Å². The van der Waals surface area contributed by atoms with Crippen molar-refractivity contribution in [1.82, 2.24) is 10.2 Å². The molecular formula is C15H23BrN2O3. The van der Waals surface area contributed by atoms with Gasteiger partial charge in [0.1, 0.15) is 11.5 Å². The van der Waals surface area contributed by atoms with Crippen LogP contribution in [0.3, 0.4) is 0 Å². The number of ether oxygens (including phenoxy) is 2. The minimum absolute atomic E-state index is 0.133. The molecule has 1 atom stereocenters. The number of hydrogen-bond donors (Lipinski definition) is 2. The van der Waals surface area contributed by atoms with E-state index in [0.717, 1.165) is 47.7 Å². The lowest BCUT2D eigenvalue weighted by Crippen LogP contribution is -2.45. The van der Waals surface area contributed by atoms with E-state index in [1.165, 1.54) is 0 Å². The molecule has 1 heterocycles. The standard InChI is InChI=1S/C15H23BrN2O3/c1-20-14-10-12(16)15(21-2)9-11(14)13(3-8-19)18-6-4-17-5-7-18/h9-10,13,17,19H,3-8H2,1-2H3/t13-/m0/s1. The van der Waals surface area contributed by atoms with E-state index in [9.17, 15) is 5.11 Å². The summed E-state index contributed by atoms with van der Waals surface area (Å²) in [5.74, 6) is 1.60. The van der Waals surface area contributed by atoms with E-state index >= 15 is 0 Å². The maximum Gasteiger partial charge on any atom is 0.133 e. The molecule has 0 radical (unpaired) electrons. The van der Waals surface area contributed by atoms with Gasteiger partial charge >= 0.3 is 0 Å². The molecule has 1 fully saturated rings. The molecule has 2 N–H and O–H groups in total. The van der Waals surface area contributed by atoms with E-state index in [1.807, 2.05) is 12.1 Å². The van der Waals surface area contributed by atoms with Gasteiger partial charge in [-0.1, -0.05) is 0 Å². The number of benzene rings is 1. The molecule has 0 spiro atoms. The van der Waals surface area contributed by atoms with Gasteiger partial charge in [0.05, 0.1) is 18.7 Å². The fraction of sp³-hybridized carbons (Fsp3) is 0.600.